The molecule has 1 aromatic heterocycles. The molecule has 5 heteroatoms. The van der Waals surface area contributed by atoms with Crippen LogP contribution in [0.5, 0.6) is 0 Å². The molecule has 5 nitrogen and oxygen atoms in total. The molecular formula is C14H24N4O. The first-order chi connectivity index (χ1) is 9.19. The van der Waals surface area contributed by atoms with E-state index < -0.39 is 0 Å². The largest absolute Gasteiger partial charge is 0.381 e. The molecule has 1 fully saturated rings. The van der Waals surface area contributed by atoms with Gasteiger partial charge in [-0.3, -0.25) is 4.99 Å². The first-order valence-electron chi connectivity index (χ1n) is 6.79. The van der Waals surface area contributed by atoms with Gasteiger partial charge in [0, 0.05) is 59.2 Å². The highest BCUT2D eigenvalue weighted by molar-refractivity contribution is 5.79. The zero-order valence-corrected chi connectivity index (χ0v) is 12.1. The van der Waals surface area contributed by atoms with Crippen LogP contribution < -0.4 is 5.32 Å². The first-order valence-corrected chi connectivity index (χ1v) is 6.79. The van der Waals surface area contributed by atoms with Crippen LogP contribution in [0.4, 0.5) is 0 Å². The maximum absolute atomic E-state index is 5.41. The predicted molar refractivity (Wildman–Crippen MR) is 77.2 cm³/mol. The second kappa shape index (κ2) is 6.61. The van der Waals surface area contributed by atoms with Crippen molar-refractivity contribution in [1.82, 2.24) is 14.8 Å². The SMILES string of the molecule is CN=C(NCc1ccn(C)c1)N(C)CC1CCOC1. The number of nitrogens with one attached hydrogen (secondary N) is 1. The number of hydrogen-bond acceptors (Lipinski definition) is 2. The smallest absolute Gasteiger partial charge is 0.193 e. The van der Waals surface area contributed by atoms with Crippen molar-refractivity contribution in [2.24, 2.45) is 18.0 Å². The van der Waals surface area contributed by atoms with Gasteiger partial charge in [-0.15, -0.1) is 0 Å². The van der Waals surface area contributed by atoms with Crippen molar-refractivity contribution in [3.8, 4) is 0 Å². The normalized spacial score (nSPS) is 19.7. The van der Waals surface area contributed by atoms with Crippen molar-refractivity contribution < 1.29 is 4.74 Å². The van der Waals surface area contributed by atoms with E-state index in [1.54, 1.807) is 0 Å². The summed E-state index contributed by atoms with van der Waals surface area (Å²) in [5.41, 5.74) is 1.27. The Morgan fingerprint density at radius 1 is 1.63 bits per heavy atom. The minimum absolute atomic E-state index is 0.625. The van der Waals surface area contributed by atoms with Gasteiger partial charge in [0.1, 0.15) is 0 Å². The molecule has 106 valence electrons. The Morgan fingerprint density at radius 3 is 3.05 bits per heavy atom. The molecule has 1 saturated heterocycles. The Morgan fingerprint density at radius 2 is 2.47 bits per heavy atom. The lowest BCUT2D eigenvalue weighted by Gasteiger charge is -2.24. The monoisotopic (exact) mass is 264 g/mol. The Balaban J connectivity index is 1.81. The van der Waals surface area contributed by atoms with Crippen LogP contribution >= 0.6 is 0 Å². The highest BCUT2D eigenvalue weighted by Gasteiger charge is 2.18. The van der Waals surface area contributed by atoms with Gasteiger partial charge in [0.05, 0.1) is 6.61 Å². The van der Waals surface area contributed by atoms with Gasteiger partial charge in [-0.1, -0.05) is 0 Å². The van der Waals surface area contributed by atoms with Gasteiger partial charge in [0.25, 0.3) is 0 Å². The van der Waals surface area contributed by atoms with Crippen molar-refractivity contribution in [3.05, 3.63) is 24.0 Å². The van der Waals surface area contributed by atoms with Crippen LogP contribution in [0.2, 0.25) is 0 Å². The van der Waals surface area contributed by atoms with Gasteiger partial charge in [0.15, 0.2) is 5.96 Å². The van der Waals surface area contributed by atoms with E-state index >= 15 is 0 Å². The van der Waals surface area contributed by atoms with Gasteiger partial charge < -0.3 is 19.5 Å². The average Bonchev–Trinajstić information content (AvgIpc) is 3.02. The van der Waals surface area contributed by atoms with Crippen LogP contribution in [0, 0.1) is 5.92 Å². The number of nitrogens with zero attached hydrogens (tertiary/aromatic N) is 3. The highest BCUT2D eigenvalue weighted by atomic mass is 16.5. The van der Waals surface area contributed by atoms with E-state index in [1.807, 2.05) is 14.1 Å². The predicted octanol–water partition coefficient (Wildman–Crippen LogP) is 1.07. The Hall–Kier alpha value is -1.49. The molecule has 0 bridgehead atoms. The molecule has 0 aromatic carbocycles. The van der Waals surface area contributed by atoms with E-state index in [2.05, 4.69) is 45.3 Å². The fourth-order valence-electron chi connectivity index (χ4n) is 2.43. The van der Waals surface area contributed by atoms with Crippen LogP contribution in [0.15, 0.2) is 23.5 Å². The average molecular weight is 264 g/mol. The second-order valence-corrected chi connectivity index (χ2v) is 5.20. The van der Waals surface area contributed by atoms with Gasteiger partial charge >= 0.3 is 0 Å². The number of guanidine groups is 1. The summed E-state index contributed by atoms with van der Waals surface area (Å²) in [6.45, 7) is 3.57. The molecule has 0 aliphatic carbocycles. The molecule has 2 rings (SSSR count). The van der Waals surface area contributed by atoms with E-state index in [0.29, 0.717) is 5.92 Å². The number of hydrogen-bond donors (Lipinski definition) is 1. The van der Waals surface area contributed by atoms with Gasteiger partial charge in [-0.05, 0) is 18.1 Å². The second-order valence-electron chi connectivity index (χ2n) is 5.20. The summed E-state index contributed by atoms with van der Waals surface area (Å²) in [6, 6.07) is 2.12. The third-order valence-corrected chi connectivity index (χ3v) is 3.47. The summed E-state index contributed by atoms with van der Waals surface area (Å²) in [5.74, 6) is 1.57. The molecule has 1 N–H and O–H groups in total. The molecule has 0 radical (unpaired) electrons. The standard InChI is InChI=1S/C14H24N4O/c1-15-14(16-8-12-4-6-17(2)9-12)18(3)10-13-5-7-19-11-13/h4,6,9,13H,5,7-8,10-11H2,1-3H3,(H,15,16). The molecule has 0 amide bonds. The van der Waals surface area contributed by atoms with Crippen molar-refractivity contribution in [2.45, 2.75) is 13.0 Å². The summed E-state index contributed by atoms with van der Waals surface area (Å²) in [6.07, 6.45) is 5.32. The lowest BCUT2D eigenvalue weighted by Crippen LogP contribution is -2.41. The molecule has 1 aliphatic heterocycles. The fourth-order valence-corrected chi connectivity index (χ4v) is 2.43. The van der Waals surface area contributed by atoms with E-state index in [9.17, 15) is 0 Å². The molecule has 19 heavy (non-hydrogen) atoms. The number of aromatic nitrogens is 1. The van der Waals surface area contributed by atoms with Crippen LogP contribution in [-0.4, -0.2) is 49.3 Å². The van der Waals surface area contributed by atoms with Gasteiger partial charge in [-0.2, -0.15) is 0 Å². The van der Waals surface area contributed by atoms with Gasteiger partial charge in [0.2, 0.25) is 0 Å². The minimum Gasteiger partial charge on any atom is -0.381 e. The summed E-state index contributed by atoms with van der Waals surface area (Å²) < 4.78 is 7.47. The third kappa shape index (κ3) is 3.99. The summed E-state index contributed by atoms with van der Waals surface area (Å²) in [7, 11) is 5.94. The molecular weight excluding hydrogens is 240 g/mol. The quantitative estimate of drug-likeness (QED) is 0.653. The van der Waals surface area contributed by atoms with E-state index in [0.717, 1.165) is 38.7 Å². The molecule has 1 unspecified atom stereocenters. The number of rotatable bonds is 4. The molecule has 1 atom stereocenters. The number of aryl methyl sites for hydroxylation is 1. The summed E-state index contributed by atoms with van der Waals surface area (Å²) in [4.78, 5) is 6.52. The zero-order chi connectivity index (χ0) is 13.7. The zero-order valence-electron chi connectivity index (χ0n) is 12.1. The van der Waals surface area contributed by atoms with Crippen LogP contribution in [-0.2, 0) is 18.3 Å². The van der Waals surface area contributed by atoms with Crippen molar-refractivity contribution in [3.63, 3.8) is 0 Å². The van der Waals surface area contributed by atoms with Crippen molar-refractivity contribution >= 4 is 5.96 Å². The minimum atomic E-state index is 0.625. The van der Waals surface area contributed by atoms with Crippen molar-refractivity contribution in [1.29, 1.82) is 0 Å². The molecule has 0 spiro atoms. The van der Waals surface area contributed by atoms with Crippen LogP contribution in [0.3, 0.4) is 0 Å². The van der Waals surface area contributed by atoms with Gasteiger partial charge in [-0.25, -0.2) is 0 Å². The van der Waals surface area contributed by atoms with E-state index in [4.69, 9.17) is 4.74 Å². The topological polar surface area (TPSA) is 41.8 Å². The van der Waals surface area contributed by atoms with E-state index in [1.165, 1.54) is 5.56 Å². The Labute approximate surface area is 115 Å². The number of aliphatic imine (C=N–C) groups is 1. The molecule has 0 saturated carbocycles. The Kier molecular flexibility index (Phi) is 4.85. The maximum atomic E-state index is 5.41. The lowest BCUT2D eigenvalue weighted by molar-refractivity contribution is 0.181. The van der Waals surface area contributed by atoms with Crippen LogP contribution in [0.1, 0.15) is 12.0 Å². The lowest BCUT2D eigenvalue weighted by atomic mass is 10.1. The highest BCUT2D eigenvalue weighted by Crippen LogP contribution is 2.13. The molecule has 1 aliphatic rings. The maximum Gasteiger partial charge on any atom is 0.193 e. The summed E-state index contributed by atoms with van der Waals surface area (Å²) in [5, 5.41) is 3.39. The van der Waals surface area contributed by atoms with Crippen molar-refractivity contribution in [2.75, 3.05) is 33.9 Å². The first kappa shape index (κ1) is 13.9. The van der Waals surface area contributed by atoms with Crippen LogP contribution in [0.25, 0.3) is 0 Å². The Bertz CT molecular complexity index is 421. The fraction of sp³-hybridized carbons (Fsp3) is 0.643. The van der Waals surface area contributed by atoms with E-state index in [-0.39, 0.29) is 0 Å². The number of ether oxygens (including phenoxy) is 1. The summed E-state index contributed by atoms with van der Waals surface area (Å²) >= 11 is 0. The molecule has 2 heterocycles. The molecule has 1 aromatic rings. The third-order valence-electron chi connectivity index (χ3n) is 3.47.